The number of carbonyl (C=O) groups excluding carboxylic acids is 2. The molecular weight excluding hydrogens is 476 g/mol. The maximum Gasteiger partial charge on any atom is 0.340 e. The number of sulfonamides is 1. The smallest absolute Gasteiger partial charge is 0.340 e. The molecule has 0 saturated carbocycles. The highest BCUT2D eigenvalue weighted by atomic mass is 35.5. The molecule has 1 heterocycles. The number of nitrogens with zero attached hydrogens (tertiary/aromatic N) is 2. The van der Waals surface area contributed by atoms with Gasteiger partial charge in [0.05, 0.1) is 26.1 Å². The predicted molar refractivity (Wildman–Crippen MR) is 119 cm³/mol. The molecule has 0 unspecified atom stereocenters. The number of rotatable bonds is 8. The van der Waals surface area contributed by atoms with Gasteiger partial charge in [0.15, 0.2) is 6.61 Å². The van der Waals surface area contributed by atoms with Gasteiger partial charge in [-0.15, -0.1) is 0 Å². The second kappa shape index (κ2) is 10.1. The summed E-state index contributed by atoms with van der Waals surface area (Å²) in [6.45, 7) is -0.658. The quantitative estimate of drug-likeness (QED) is 0.276. The minimum absolute atomic E-state index is 0.131. The van der Waals surface area contributed by atoms with Gasteiger partial charge >= 0.3 is 5.97 Å². The molecule has 170 valence electrons. The number of pyridine rings is 1. The van der Waals surface area contributed by atoms with Crippen molar-refractivity contribution in [2.24, 2.45) is 0 Å². The number of halogens is 1. The minimum Gasteiger partial charge on any atom is -0.452 e. The molecule has 0 radical (unpaired) electrons. The van der Waals surface area contributed by atoms with Crippen LogP contribution in [0.4, 0.5) is 17.2 Å². The zero-order valence-corrected chi connectivity index (χ0v) is 18.2. The Bertz CT molecular complexity index is 1310. The molecule has 0 aliphatic heterocycles. The second-order valence-corrected chi connectivity index (χ2v) is 8.51. The topological polar surface area (TPSA) is 158 Å². The molecule has 0 aliphatic rings. The second-order valence-electron chi connectivity index (χ2n) is 6.39. The third-order valence-corrected chi connectivity index (χ3v) is 5.65. The summed E-state index contributed by atoms with van der Waals surface area (Å²) < 4.78 is 32.5. The van der Waals surface area contributed by atoms with E-state index in [4.69, 9.17) is 16.3 Å². The first kappa shape index (κ1) is 23.6. The summed E-state index contributed by atoms with van der Waals surface area (Å²) in [6, 6.07) is 13.0. The van der Waals surface area contributed by atoms with Crippen molar-refractivity contribution in [2.75, 3.05) is 16.6 Å². The van der Waals surface area contributed by atoms with Crippen LogP contribution in [0.5, 0.6) is 0 Å². The van der Waals surface area contributed by atoms with Gasteiger partial charge in [-0.05, 0) is 30.3 Å². The largest absolute Gasteiger partial charge is 0.452 e. The molecule has 3 aromatic rings. The lowest BCUT2D eigenvalue weighted by Crippen LogP contribution is -2.22. The maximum absolute atomic E-state index is 12.7. The van der Waals surface area contributed by atoms with Gasteiger partial charge in [-0.25, -0.2) is 18.2 Å². The third-order valence-electron chi connectivity index (χ3n) is 4.06. The summed E-state index contributed by atoms with van der Waals surface area (Å²) in [5.41, 5.74) is -0.704. The number of carbonyl (C=O) groups is 2. The summed E-state index contributed by atoms with van der Waals surface area (Å²) >= 11 is 5.72. The molecule has 0 fully saturated rings. The van der Waals surface area contributed by atoms with Crippen molar-refractivity contribution in [3.05, 3.63) is 87.6 Å². The van der Waals surface area contributed by atoms with Crippen LogP contribution in [-0.2, 0) is 19.6 Å². The van der Waals surface area contributed by atoms with E-state index in [1.54, 1.807) is 0 Å². The van der Waals surface area contributed by atoms with Crippen molar-refractivity contribution >= 4 is 50.7 Å². The molecule has 33 heavy (non-hydrogen) atoms. The van der Waals surface area contributed by atoms with Gasteiger partial charge in [0, 0.05) is 18.3 Å². The van der Waals surface area contributed by atoms with Crippen LogP contribution in [0.25, 0.3) is 0 Å². The number of nitrogens with one attached hydrogen (secondary N) is 2. The van der Waals surface area contributed by atoms with E-state index in [2.05, 4.69) is 15.0 Å². The molecule has 0 bridgehead atoms. The predicted octanol–water partition coefficient (Wildman–Crippen LogP) is 3.24. The van der Waals surface area contributed by atoms with E-state index in [1.165, 1.54) is 54.7 Å². The number of benzene rings is 2. The lowest BCUT2D eigenvalue weighted by molar-refractivity contribution is -0.385. The molecule has 0 saturated heterocycles. The number of aromatic nitrogens is 1. The van der Waals surface area contributed by atoms with E-state index < -0.39 is 39.1 Å². The van der Waals surface area contributed by atoms with Crippen LogP contribution in [0, 0.1) is 10.1 Å². The molecule has 3 rings (SSSR count). The van der Waals surface area contributed by atoms with Crippen LogP contribution in [0.2, 0.25) is 5.02 Å². The fourth-order valence-corrected chi connectivity index (χ4v) is 3.79. The van der Waals surface area contributed by atoms with Gasteiger partial charge in [-0.2, -0.15) is 0 Å². The van der Waals surface area contributed by atoms with Crippen LogP contribution < -0.4 is 10.0 Å². The Kier molecular flexibility index (Phi) is 7.20. The molecule has 2 N–H and O–H groups in total. The van der Waals surface area contributed by atoms with Crippen LogP contribution in [0.15, 0.2) is 71.8 Å². The van der Waals surface area contributed by atoms with Gasteiger partial charge in [0.1, 0.15) is 5.82 Å². The first-order valence-electron chi connectivity index (χ1n) is 9.10. The monoisotopic (exact) mass is 490 g/mol. The first-order chi connectivity index (χ1) is 15.7. The van der Waals surface area contributed by atoms with Gasteiger partial charge in [-0.3, -0.25) is 19.6 Å². The van der Waals surface area contributed by atoms with Crippen molar-refractivity contribution < 1.29 is 27.7 Å². The standard InChI is InChI=1S/C20H15ClN4O7S/c21-13-8-9-18(22-11-13)23-19(26)12-32-20(27)16-6-1-2-7-17(16)24-33(30,31)15-5-3-4-14(10-15)25(28)29/h1-11,24H,12H2,(H,22,23,26). The van der Waals surface area contributed by atoms with Crippen molar-refractivity contribution in [1.29, 1.82) is 0 Å². The van der Waals surface area contributed by atoms with Crippen molar-refractivity contribution in [3.8, 4) is 0 Å². The highest BCUT2D eigenvalue weighted by molar-refractivity contribution is 7.92. The molecule has 2 aromatic carbocycles. The third kappa shape index (κ3) is 6.24. The van der Waals surface area contributed by atoms with Crippen LogP contribution in [0.1, 0.15) is 10.4 Å². The number of para-hydroxylation sites is 1. The number of nitro groups is 1. The molecule has 1 aromatic heterocycles. The van der Waals surface area contributed by atoms with Crippen molar-refractivity contribution in [2.45, 2.75) is 4.90 Å². The Hall–Kier alpha value is -4.03. The summed E-state index contributed by atoms with van der Waals surface area (Å²) in [5.74, 6) is -1.44. The molecular formula is C20H15ClN4O7S. The molecule has 1 amide bonds. The fourth-order valence-electron chi connectivity index (χ4n) is 2.56. The number of esters is 1. The van der Waals surface area contributed by atoms with Crippen LogP contribution in [0.3, 0.4) is 0 Å². The van der Waals surface area contributed by atoms with E-state index in [9.17, 15) is 28.1 Å². The van der Waals surface area contributed by atoms with Crippen molar-refractivity contribution in [3.63, 3.8) is 0 Å². The minimum atomic E-state index is -4.26. The maximum atomic E-state index is 12.7. The average molecular weight is 491 g/mol. The van der Waals surface area contributed by atoms with E-state index in [0.29, 0.717) is 5.02 Å². The lowest BCUT2D eigenvalue weighted by Gasteiger charge is -2.12. The normalized spacial score (nSPS) is 10.8. The Morgan fingerprint density at radius 2 is 1.85 bits per heavy atom. The highest BCUT2D eigenvalue weighted by Gasteiger charge is 2.21. The van der Waals surface area contributed by atoms with Crippen LogP contribution in [-0.4, -0.2) is 36.8 Å². The van der Waals surface area contributed by atoms with Crippen LogP contribution >= 0.6 is 11.6 Å². The number of amides is 1. The van der Waals surface area contributed by atoms with Gasteiger partial charge in [0.25, 0.3) is 21.6 Å². The zero-order chi connectivity index (χ0) is 24.0. The molecule has 0 atom stereocenters. The SMILES string of the molecule is O=C(COC(=O)c1ccccc1NS(=O)(=O)c1cccc([N+](=O)[O-])c1)Nc1ccc(Cl)cn1. The van der Waals surface area contributed by atoms with E-state index >= 15 is 0 Å². The molecule has 0 aliphatic carbocycles. The Labute approximate surface area is 192 Å². The number of nitro benzene ring substituents is 1. The number of hydrogen-bond acceptors (Lipinski definition) is 8. The molecule has 11 nitrogen and oxygen atoms in total. The van der Waals surface area contributed by atoms with E-state index in [0.717, 1.165) is 12.1 Å². The van der Waals surface area contributed by atoms with Crippen molar-refractivity contribution in [1.82, 2.24) is 4.98 Å². The Morgan fingerprint density at radius 3 is 2.55 bits per heavy atom. The van der Waals surface area contributed by atoms with Gasteiger partial charge in [0.2, 0.25) is 0 Å². The zero-order valence-electron chi connectivity index (χ0n) is 16.6. The summed E-state index contributed by atoms with van der Waals surface area (Å²) in [5, 5.41) is 13.7. The highest BCUT2D eigenvalue weighted by Crippen LogP contribution is 2.23. The number of anilines is 2. The number of non-ortho nitro benzene ring substituents is 1. The van der Waals surface area contributed by atoms with Gasteiger partial charge in [-0.1, -0.05) is 29.8 Å². The molecule has 13 heteroatoms. The first-order valence-corrected chi connectivity index (χ1v) is 11.0. The fraction of sp³-hybridized carbons (Fsp3) is 0.0500. The number of hydrogen-bond donors (Lipinski definition) is 2. The summed E-state index contributed by atoms with van der Waals surface area (Å²) in [7, 11) is -4.26. The summed E-state index contributed by atoms with van der Waals surface area (Å²) in [4.78, 5) is 38.2. The average Bonchev–Trinajstić information content (AvgIpc) is 2.79. The Balaban J connectivity index is 1.71. The molecule has 0 spiro atoms. The van der Waals surface area contributed by atoms with E-state index in [-0.39, 0.29) is 22.0 Å². The summed E-state index contributed by atoms with van der Waals surface area (Å²) in [6.07, 6.45) is 1.33. The van der Waals surface area contributed by atoms with E-state index in [1.807, 2.05) is 0 Å². The Morgan fingerprint density at radius 1 is 1.09 bits per heavy atom. The number of ether oxygens (including phenoxy) is 1. The van der Waals surface area contributed by atoms with Gasteiger partial charge < -0.3 is 10.1 Å². The lowest BCUT2D eigenvalue weighted by atomic mass is 10.2.